The number of fused-ring (bicyclic) bond motifs is 1. The van der Waals surface area contributed by atoms with Gasteiger partial charge < -0.3 is 18.9 Å². The molecule has 0 fully saturated rings. The summed E-state index contributed by atoms with van der Waals surface area (Å²) in [4.78, 5) is 15.0. The van der Waals surface area contributed by atoms with Crippen LogP contribution in [0.4, 0.5) is 0 Å². The summed E-state index contributed by atoms with van der Waals surface area (Å²) in [5, 5.41) is 0. The number of ketones is 1. The SMILES string of the molecule is COc1ccc(C(=O)CCN2CCc3cc(OC)c(OC)cc3C2)c(OC)c1. The second kappa shape index (κ2) is 8.97. The zero-order valence-corrected chi connectivity index (χ0v) is 16.9. The molecule has 0 amide bonds. The topological polar surface area (TPSA) is 57.2 Å². The van der Waals surface area contributed by atoms with Gasteiger partial charge >= 0.3 is 0 Å². The largest absolute Gasteiger partial charge is 0.497 e. The minimum atomic E-state index is 0.0672. The fraction of sp³-hybridized carbons (Fsp3) is 0.409. The van der Waals surface area contributed by atoms with Gasteiger partial charge in [0.05, 0.1) is 34.0 Å². The lowest BCUT2D eigenvalue weighted by atomic mass is 9.98. The second-order valence-electron chi connectivity index (χ2n) is 6.74. The van der Waals surface area contributed by atoms with Gasteiger partial charge in [-0.2, -0.15) is 0 Å². The summed E-state index contributed by atoms with van der Waals surface area (Å²) in [5.74, 6) is 2.78. The molecule has 28 heavy (non-hydrogen) atoms. The Balaban J connectivity index is 1.66. The summed E-state index contributed by atoms with van der Waals surface area (Å²) >= 11 is 0. The predicted octanol–water partition coefficient (Wildman–Crippen LogP) is 3.35. The molecule has 0 aromatic heterocycles. The number of carbonyl (C=O) groups is 1. The van der Waals surface area contributed by atoms with Gasteiger partial charge in [0.1, 0.15) is 11.5 Å². The van der Waals surface area contributed by atoms with E-state index in [1.807, 2.05) is 6.07 Å². The Morgan fingerprint density at radius 1 is 0.893 bits per heavy atom. The van der Waals surface area contributed by atoms with Crippen LogP contribution in [0.5, 0.6) is 23.0 Å². The molecule has 1 aliphatic heterocycles. The first-order chi connectivity index (χ1) is 13.6. The van der Waals surface area contributed by atoms with Gasteiger partial charge in [-0.25, -0.2) is 0 Å². The molecule has 6 heteroatoms. The van der Waals surface area contributed by atoms with Gasteiger partial charge in [-0.15, -0.1) is 0 Å². The molecule has 0 unspecified atom stereocenters. The van der Waals surface area contributed by atoms with E-state index in [1.54, 1.807) is 46.6 Å². The van der Waals surface area contributed by atoms with Crippen LogP contribution >= 0.6 is 0 Å². The van der Waals surface area contributed by atoms with E-state index < -0.39 is 0 Å². The van der Waals surface area contributed by atoms with Crippen molar-refractivity contribution in [2.24, 2.45) is 0 Å². The van der Waals surface area contributed by atoms with Crippen molar-refractivity contribution in [2.45, 2.75) is 19.4 Å². The molecule has 0 saturated carbocycles. The van der Waals surface area contributed by atoms with Gasteiger partial charge in [0.2, 0.25) is 0 Å². The van der Waals surface area contributed by atoms with Crippen molar-refractivity contribution >= 4 is 5.78 Å². The smallest absolute Gasteiger partial charge is 0.167 e. The number of ether oxygens (including phenoxy) is 4. The van der Waals surface area contributed by atoms with Crippen LogP contribution in [0.25, 0.3) is 0 Å². The summed E-state index contributed by atoms with van der Waals surface area (Å²) < 4.78 is 21.4. The van der Waals surface area contributed by atoms with Crippen molar-refractivity contribution in [1.29, 1.82) is 0 Å². The Kier molecular flexibility index (Phi) is 6.41. The van der Waals surface area contributed by atoms with Gasteiger partial charge in [0.25, 0.3) is 0 Å². The number of methoxy groups -OCH3 is 4. The lowest BCUT2D eigenvalue weighted by molar-refractivity contribution is 0.0957. The molecule has 1 heterocycles. The first-order valence-corrected chi connectivity index (χ1v) is 9.31. The zero-order chi connectivity index (χ0) is 20.1. The van der Waals surface area contributed by atoms with Gasteiger partial charge in [0, 0.05) is 32.1 Å². The molecule has 2 aromatic rings. The van der Waals surface area contributed by atoms with Crippen molar-refractivity contribution in [3.8, 4) is 23.0 Å². The summed E-state index contributed by atoms with van der Waals surface area (Å²) in [6.07, 6.45) is 1.36. The number of benzene rings is 2. The highest BCUT2D eigenvalue weighted by Gasteiger charge is 2.21. The maximum Gasteiger partial charge on any atom is 0.167 e. The average Bonchev–Trinajstić information content (AvgIpc) is 2.75. The van der Waals surface area contributed by atoms with Gasteiger partial charge in [-0.05, 0) is 41.8 Å². The highest BCUT2D eigenvalue weighted by atomic mass is 16.5. The van der Waals surface area contributed by atoms with Crippen molar-refractivity contribution in [1.82, 2.24) is 4.90 Å². The second-order valence-corrected chi connectivity index (χ2v) is 6.74. The lowest BCUT2D eigenvalue weighted by Crippen LogP contribution is -2.32. The van der Waals surface area contributed by atoms with E-state index in [1.165, 1.54) is 11.1 Å². The Morgan fingerprint density at radius 2 is 1.57 bits per heavy atom. The van der Waals surface area contributed by atoms with E-state index in [4.69, 9.17) is 18.9 Å². The Hall–Kier alpha value is -2.73. The first kappa shape index (κ1) is 20.0. The summed E-state index contributed by atoms with van der Waals surface area (Å²) in [6, 6.07) is 9.38. The first-order valence-electron chi connectivity index (χ1n) is 9.31. The molecule has 0 spiro atoms. The number of rotatable bonds is 8. The van der Waals surface area contributed by atoms with Gasteiger partial charge in [0.15, 0.2) is 17.3 Å². The summed E-state index contributed by atoms with van der Waals surface area (Å²) in [5.41, 5.74) is 3.09. The normalized spacial score (nSPS) is 13.6. The van der Waals surface area contributed by atoms with Crippen LogP contribution in [0, 0.1) is 0 Å². The Bertz CT molecular complexity index is 849. The fourth-order valence-electron chi connectivity index (χ4n) is 3.56. The molecular weight excluding hydrogens is 358 g/mol. The van der Waals surface area contributed by atoms with E-state index in [0.29, 0.717) is 30.0 Å². The summed E-state index contributed by atoms with van der Waals surface area (Å²) in [7, 11) is 6.45. The zero-order valence-electron chi connectivity index (χ0n) is 16.9. The maximum atomic E-state index is 12.7. The molecule has 0 atom stereocenters. The monoisotopic (exact) mass is 385 g/mol. The fourth-order valence-corrected chi connectivity index (χ4v) is 3.56. The average molecular weight is 385 g/mol. The van der Waals surface area contributed by atoms with Crippen LogP contribution in [-0.2, 0) is 13.0 Å². The molecule has 0 bridgehead atoms. The summed E-state index contributed by atoms with van der Waals surface area (Å²) in [6.45, 7) is 2.40. The highest BCUT2D eigenvalue weighted by Crippen LogP contribution is 2.33. The van der Waals surface area contributed by atoms with Crippen LogP contribution < -0.4 is 18.9 Å². The van der Waals surface area contributed by atoms with Gasteiger partial charge in [-0.3, -0.25) is 9.69 Å². The number of nitrogens with zero attached hydrogens (tertiary/aromatic N) is 1. The molecule has 2 aromatic carbocycles. The highest BCUT2D eigenvalue weighted by molar-refractivity contribution is 5.99. The minimum absolute atomic E-state index is 0.0672. The van der Waals surface area contributed by atoms with Gasteiger partial charge in [-0.1, -0.05) is 0 Å². The van der Waals surface area contributed by atoms with Crippen LogP contribution in [0.2, 0.25) is 0 Å². The standard InChI is InChI=1S/C22H27NO5/c1-25-17-5-6-18(20(13-17)26-2)19(24)8-10-23-9-7-15-11-21(27-3)22(28-4)12-16(15)14-23/h5-6,11-13H,7-10,14H2,1-4H3. The molecule has 6 nitrogen and oxygen atoms in total. The van der Waals surface area contributed by atoms with Crippen LogP contribution in [0.3, 0.4) is 0 Å². The van der Waals surface area contributed by atoms with Crippen molar-refractivity contribution in [3.05, 3.63) is 47.0 Å². The quantitative estimate of drug-likeness (QED) is 0.650. The van der Waals surface area contributed by atoms with Crippen molar-refractivity contribution < 1.29 is 23.7 Å². The Labute approximate surface area is 166 Å². The van der Waals surface area contributed by atoms with Crippen molar-refractivity contribution in [3.63, 3.8) is 0 Å². The van der Waals surface area contributed by atoms with Crippen LogP contribution in [0.15, 0.2) is 30.3 Å². The molecule has 1 aliphatic rings. The predicted molar refractivity (Wildman–Crippen MR) is 107 cm³/mol. The van der Waals surface area contributed by atoms with E-state index in [9.17, 15) is 4.79 Å². The maximum absolute atomic E-state index is 12.7. The van der Waals surface area contributed by atoms with Crippen molar-refractivity contribution in [2.75, 3.05) is 41.5 Å². The van der Waals surface area contributed by atoms with E-state index in [0.717, 1.165) is 31.0 Å². The third-order valence-corrected chi connectivity index (χ3v) is 5.16. The molecule has 3 rings (SSSR count). The number of carbonyl (C=O) groups excluding carboxylic acids is 1. The number of Topliss-reactive ketones (excluding diaryl/α,β-unsaturated/α-hetero) is 1. The molecule has 0 saturated heterocycles. The third kappa shape index (κ3) is 4.22. The van der Waals surface area contributed by atoms with E-state index in [2.05, 4.69) is 11.0 Å². The van der Waals surface area contributed by atoms with E-state index >= 15 is 0 Å². The number of hydrogen-bond acceptors (Lipinski definition) is 6. The van der Waals surface area contributed by atoms with E-state index in [-0.39, 0.29) is 5.78 Å². The van der Waals surface area contributed by atoms with Crippen LogP contribution in [0.1, 0.15) is 27.9 Å². The minimum Gasteiger partial charge on any atom is -0.497 e. The molecule has 0 aliphatic carbocycles. The molecular formula is C22H27NO5. The third-order valence-electron chi connectivity index (χ3n) is 5.16. The number of hydrogen-bond donors (Lipinski definition) is 0. The van der Waals surface area contributed by atoms with Crippen LogP contribution in [-0.4, -0.2) is 52.2 Å². The molecule has 0 radical (unpaired) electrons. The molecule has 150 valence electrons. The Morgan fingerprint density at radius 3 is 2.21 bits per heavy atom. The molecule has 0 N–H and O–H groups in total. The lowest BCUT2D eigenvalue weighted by Gasteiger charge is -2.29.